The molecule has 1 aromatic rings. The molecule has 0 aliphatic carbocycles. The Kier molecular flexibility index (Phi) is 4.49. The first-order valence-corrected chi connectivity index (χ1v) is 5.73. The zero-order valence-electron chi connectivity index (χ0n) is 10.4. The minimum absolute atomic E-state index is 0.0199. The number of aromatic hydroxyl groups is 1. The summed E-state index contributed by atoms with van der Waals surface area (Å²) in [5, 5.41) is 9.53. The van der Waals surface area contributed by atoms with Gasteiger partial charge in [-0.2, -0.15) is 0 Å². The molecule has 0 spiro atoms. The Hall–Kier alpha value is -1.58. The van der Waals surface area contributed by atoms with Crippen LogP contribution in [-0.4, -0.2) is 29.0 Å². The van der Waals surface area contributed by atoms with Gasteiger partial charge < -0.3 is 10.0 Å². The van der Waals surface area contributed by atoms with Gasteiger partial charge in [-0.15, -0.1) is 0 Å². The van der Waals surface area contributed by atoms with Crippen molar-refractivity contribution >= 4 is 5.91 Å². The maximum Gasteiger partial charge on any atom is 0.260 e. The molecule has 0 heterocycles. The monoisotopic (exact) mass is 239 g/mol. The molecule has 3 nitrogen and oxygen atoms in total. The van der Waals surface area contributed by atoms with Crippen molar-refractivity contribution in [3.63, 3.8) is 0 Å². The molecule has 1 atom stereocenters. The highest BCUT2D eigenvalue weighted by Gasteiger charge is 2.22. The molecule has 1 rings (SSSR count). The lowest BCUT2D eigenvalue weighted by molar-refractivity contribution is 0.0728. The number of phenolic OH excluding ortho intramolecular Hbond substituents is 1. The van der Waals surface area contributed by atoms with Crippen molar-refractivity contribution in [3.8, 4) is 5.75 Å². The maximum absolute atomic E-state index is 13.5. The molecule has 0 fully saturated rings. The fraction of sp³-hybridized carbons (Fsp3) is 0.462. The molecule has 0 aromatic heterocycles. The van der Waals surface area contributed by atoms with Gasteiger partial charge in [0.2, 0.25) is 0 Å². The van der Waals surface area contributed by atoms with Gasteiger partial charge >= 0.3 is 0 Å². The van der Waals surface area contributed by atoms with Gasteiger partial charge in [-0.25, -0.2) is 4.39 Å². The zero-order valence-corrected chi connectivity index (χ0v) is 10.4. The van der Waals surface area contributed by atoms with Crippen molar-refractivity contribution in [1.82, 2.24) is 4.90 Å². The summed E-state index contributed by atoms with van der Waals surface area (Å²) in [7, 11) is 1.62. The number of phenols is 1. The van der Waals surface area contributed by atoms with Crippen molar-refractivity contribution < 1.29 is 14.3 Å². The Morgan fingerprint density at radius 1 is 1.53 bits per heavy atom. The largest absolute Gasteiger partial charge is 0.507 e. The lowest BCUT2D eigenvalue weighted by Crippen LogP contribution is -2.35. The quantitative estimate of drug-likeness (QED) is 0.877. The van der Waals surface area contributed by atoms with Gasteiger partial charge in [0.25, 0.3) is 5.91 Å². The molecule has 0 bridgehead atoms. The van der Waals surface area contributed by atoms with E-state index in [1.165, 1.54) is 23.1 Å². The molecular weight excluding hydrogens is 221 g/mol. The summed E-state index contributed by atoms with van der Waals surface area (Å²) in [5.74, 6) is -1.49. The minimum Gasteiger partial charge on any atom is -0.507 e. The van der Waals surface area contributed by atoms with Crippen LogP contribution in [0.15, 0.2) is 18.2 Å². The van der Waals surface area contributed by atoms with E-state index in [0.29, 0.717) is 0 Å². The number of halogens is 1. The van der Waals surface area contributed by atoms with Gasteiger partial charge in [-0.1, -0.05) is 19.4 Å². The molecule has 1 aromatic carbocycles. The maximum atomic E-state index is 13.5. The molecule has 4 heteroatoms. The van der Waals surface area contributed by atoms with Crippen molar-refractivity contribution in [2.24, 2.45) is 0 Å². The summed E-state index contributed by atoms with van der Waals surface area (Å²) in [6.45, 7) is 3.93. The lowest BCUT2D eigenvalue weighted by atomic mass is 10.1. The molecule has 0 saturated heterocycles. The van der Waals surface area contributed by atoms with Crippen LogP contribution in [0.4, 0.5) is 4.39 Å². The van der Waals surface area contributed by atoms with E-state index in [9.17, 15) is 14.3 Å². The van der Waals surface area contributed by atoms with Crippen molar-refractivity contribution in [2.75, 3.05) is 7.05 Å². The van der Waals surface area contributed by atoms with E-state index >= 15 is 0 Å². The fourth-order valence-electron chi connectivity index (χ4n) is 1.71. The van der Waals surface area contributed by atoms with Crippen LogP contribution in [-0.2, 0) is 0 Å². The minimum atomic E-state index is -0.689. The number of nitrogens with zero attached hydrogens (tertiary/aromatic N) is 1. The Bertz CT molecular complexity index is 386. The second-order valence-electron chi connectivity index (χ2n) is 4.19. The topological polar surface area (TPSA) is 40.5 Å². The summed E-state index contributed by atoms with van der Waals surface area (Å²) in [5.41, 5.74) is -0.252. The molecule has 1 unspecified atom stereocenters. The molecule has 0 aliphatic heterocycles. The first-order chi connectivity index (χ1) is 7.99. The van der Waals surface area contributed by atoms with Crippen LogP contribution < -0.4 is 0 Å². The summed E-state index contributed by atoms with van der Waals surface area (Å²) in [6.07, 6.45) is 1.79. The van der Waals surface area contributed by atoms with E-state index < -0.39 is 11.7 Å². The van der Waals surface area contributed by atoms with Crippen LogP contribution in [0.3, 0.4) is 0 Å². The lowest BCUT2D eigenvalue weighted by Gasteiger charge is -2.25. The van der Waals surface area contributed by atoms with Gasteiger partial charge in [0.05, 0.1) is 0 Å². The van der Waals surface area contributed by atoms with Crippen LogP contribution in [0.5, 0.6) is 5.75 Å². The first-order valence-electron chi connectivity index (χ1n) is 5.73. The van der Waals surface area contributed by atoms with Crippen molar-refractivity contribution in [2.45, 2.75) is 32.7 Å². The highest BCUT2D eigenvalue weighted by atomic mass is 19.1. The second-order valence-corrected chi connectivity index (χ2v) is 4.19. The average Bonchev–Trinajstić information content (AvgIpc) is 2.27. The summed E-state index contributed by atoms with van der Waals surface area (Å²) >= 11 is 0. The number of rotatable bonds is 4. The molecule has 1 amide bonds. The summed E-state index contributed by atoms with van der Waals surface area (Å²) in [6, 6.07) is 3.88. The first kappa shape index (κ1) is 13.5. The molecule has 17 heavy (non-hydrogen) atoms. The van der Waals surface area contributed by atoms with Crippen LogP contribution >= 0.6 is 0 Å². The third-order valence-electron chi connectivity index (χ3n) is 2.89. The SMILES string of the molecule is CCCC(C)N(C)C(=O)c1c(O)cccc1F. The Morgan fingerprint density at radius 2 is 2.18 bits per heavy atom. The summed E-state index contributed by atoms with van der Waals surface area (Å²) in [4.78, 5) is 13.5. The Balaban J connectivity index is 2.96. The normalized spacial score (nSPS) is 12.2. The molecule has 0 radical (unpaired) electrons. The van der Waals surface area contributed by atoms with Crippen molar-refractivity contribution in [1.29, 1.82) is 0 Å². The average molecular weight is 239 g/mol. The number of carbonyl (C=O) groups is 1. The van der Waals surface area contributed by atoms with Gasteiger partial charge in [0.15, 0.2) is 0 Å². The van der Waals surface area contributed by atoms with Gasteiger partial charge in [0.1, 0.15) is 17.1 Å². The number of hydrogen-bond acceptors (Lipinski definition) is 2. The zero-order chi connectivity index (χ0) is 13.0. The van der Waals surface area contributed by atoms with E-state index in [4.69, 9.17) is 0 Å². The van der Waals surface area contributed by atoms with Crippen LogP contribution in [0.1, 0.15) is 37.0 Å². The van der Waals surface area contributed by atoms with Crippen molar-refractivity contribution in [3.05, 3.63) is 29.6 Å². The predicted octanol–water partition coefficient (Wildman–Crippen LogP) is 2.79. The van der Waals surface area contributed by atoms with E-state index in [1.807, 2.05) is 13.8 Å². The summed E-state index contributed by atoms with van der Waals surface area (Å²) < 4.78 is 13.5. The molecule has 0 saturated carbocycles. The third-order valence-corrected chi connectivity index (χ3v) is 2.89. The van der Waals surface area contributed by atoms with Gasteiger partial charge in [-0.3, -0.25) is 4.79 Å². The molecule has 0 aliphatic rings. The number of amides is 1. The van der Waals surface area contributed by atoms with Gasteiger partial charge in [-0.05, 0) is 25.5 Å². The molecule has 94 valence electrons. The highest BCUT2D eigenvalue weighted by molar-refractivity contribution is 5.97. The number of benzene rings is 1. The van der Waals surface area contributed by atoms with E-state index in [-0.39, 0.29) is 17.4 Å². The van der Waals surface area contributed by atoms with E-state index in [2.05, 4.69) is 0 Å². The third kappa shape index (κ3) is 2.96. The fourth-order valence-corrected chi connectivity index (χ4v) is 1.71. The molecule has 1 N–H and O–H groups in total. The number of hydrogen-bond donors (Lipinski definition) is 1. The van der Waals surface area contributed by atoms with Crippen LogP contribution in [0, 0.1) is 5.82 Å². The van der Waals surface area contributed by atoms with Crippen LogP contribution in [0.25, 0.3) is 0 Å². The second kappa shape index (κ2) is 5.66. The smallest absolute Gasteiger partial charge is 0.260 e. The Morgan fingerprint density at radius 3 is 2.71 bits per heavy atom. The van der Waals surface area contributed by atoms with Crippen LogP contribution in [0.2, 0.25) is 0 Å². The van der Waals surface area contributed by atoms with Gasteiger partial charge in [0, 0.05) is 13.1 Å². The Labute approximate surface area is 101 Å². The van der Waals surface area contributed by atoms with E-state index in [0.717, 1.165) is 12.8 Å². The predicted molar refractivity (Wildman–Crippen MR) is 64.5 cm³/mol. The molecular formula is C13H18FNO2. The highest BCUT2D eigenvalue weighted by Crippen LogP contribution is 2.22. The standard InChI is InChI=1S/C13H18FNO2/c1-4-6-9(2)15(3)13(17)12-10(14)7-5-8-11(12)16/h5,7-9,16H,4,6H2,1-3H3. The van der Waals surface area contributed by atoms with E-state index in [1.54, 1.807) is 7.05 Å². The number of carbonyl (C=O) groups excluding carboxylic acids is 1.